The first kappa shape index (κ1) is 13.6. The minimum atomic E-state index is -0.158. The molecule has 2 saturated heterocycles. The van der Waals surface area contributed by atoms with Crippen molar-refractivity contribution in [2.45, 2.75) is 47.3 Å². The van der Waals surface area contributed by atoms with E-state index in [9.17, 15) is 9.59 Å². The van der Waals surface area contributed by atoms with Crippen LogP contribution in [0.5, 0.6) is 0 Å². The highest BCUT2D eigenvalue weighted by atomic mass is 32.2. The maximum absolute atomic E-state index is 12.6. The fourth-order valence-electron chi connectivity index (χ4n) is 5.12. The molecule has 0 radical (unpaired) electrons. The number of aromatic nitrogens is 3. The summed E-state index contributed by atoms with van der Waals surface area (Å²) in [6.07, 6.45) is 9.16. The predicted octanol–water partition coefficient (Wildman–Crippen LogP) is 1.55. The van der Waals surface area contributed by atoms with Gasteiger partial charge in [-0.15, -0.1) is 0 Å². The Kier molecular flexibility index (Phi) is 2.58. The van der Waals surface area contributed by atoms with Crippen molar-refractivity contribution in [2.75, 3.05) is 11.5 Å². The second-order valence-corrected chi connectivity index (χ2v) is 9.62. The van der Waals surface area contributed by atoms with E-state index in [2.05, 4.69) is 35.7 Å². The van der Waals surface area contributed by atoms with Crippen LogP contribution in [0.25, 0.3) is 0 Å². The normalized spacial score (nSPS) is 41.9. The standard InChI is InChI=1S/C15H19N3O2S2/c1-16-12(19)17-10-4-5-11(18(17)13(16)20)15(7-3-9-22-15)14(10)6-2-8-21-14/h4-5,10-11H,2-3,6-9H2,1H3/t10-,11-,14+,15+/m0/s1. The summed E-state index contributed by atoms with van der Waals surface area (Å²) in [5, 5.41) is 0. The van der Waals surface area contributed by atoms with Crippen molar-refractivity contribution in [1.82, 2.24) is 13.9 Å². The van der Waals surface area contributed by atoms with Gasteiger partial charge in [-0.05, 0) is 37.2 Å². The minimum Gasteiger partial charge on any atom is -0.246 e. The summed E-state index contributed by atoms with van der Waals surface area (Å²) in [5.74, 6) is 2.34. The van der Waals surface area contributed by atoms with Crippen LogP contribution in [0.4, 0.5) is 0 Å². The monoisotopic (exact) mass is 337 g/mol. The maximum Gasteiger partial charge on any atom is 0.347 e. The Bertz CT molecular complexity index is 727. The largest absolute Gasteiger partial charge is 0.347 e. The van der Waals surface area contributed by atoms with E-state index in [-0.39, 0.29) is 33.0 Å². The number of allylic oxidation sites excluding steroid dienone is 2. The van der Waals surface area contributed by atoms with Crippen LogP contribution in [0.15, 0.2) is 21.7 Å². The van der Waals surface area contributed by atoms with Gasteiger partial charge >= 0.3 is 11.4 Å². The molecule has 0 unspecified atom stereocenters. The first-order chi connectivity index (χ1) is 10.6. The Morgan fingerprint density at radius 2 is 1.41 bits per heavy atom. The van der Waals surface area contributed by atoms with Gasteiger partial charge in [0.05, 0.1) is 21.6 Å². The minimum absolute atomic E-state index is 0.0250. The molecule has 22 heavy (non-hydrogen) atoms. The Morgan fingerprint density at radius 1 is 0.955 bits per heavy atom. The second kappa shape index (κ2) is 4.17. The third kappa shape index (κ3) is 1.25. The van der Waals surface area contributed by atoms with Crippen LogP contribution in [-0.4, -0.2) is 34.9 Å². The Labute approximate surface area is 136 Å². The van der Waals surface area contributed by atoms with Crippen LogP contribution in [0.3, 0.4) is 0 Å². The summed E-state index contributed by atoms with van der Waals surface area (Å²) in [5.41, 5.74) is -0.317. The van der Waals surface area contributed by atoms with Crippen LogP contribution in [0, 0.1) is 0 Å². The molecule has 6 rings (SSSR count). The molecular formula is C15H19N3O2S2. The van der Waals surface area contributed by atoms with Crippen molar-refractivity contribution >= 4 is 23.5 Å². The third-order valence-electron chi connectivity index (χ3n) is 5.98. The van der Waals surface area contributed by atoms with Gasteiger partial charge in [-0.25, -0.2) is 23.5 Å². The first-order valence-corrected chi connectivity index (χ1v) is 9.96. The lowest BCUT2D eigenvalue weighted by atomic mass is 9.70. The maximum atomic E-state index is 12.6. The van der Waals surface area contributed by atoms with E-state index in [0.29, 0.717) is 0 Å². The van der Waals surface area contributed by atoms with Crippen molar-refractivity contribution in [2.24, 2.45) is 7.05 Å². The van der Waals surface area contributed by atoms with Gasteiger partial charge in [0.2, 0.25) is 0 Å². The highest BCUT2D eigenvalue weighted by Gasteiger charge is 2.67. The van der Waals surface area contributed by atoms with Crippen molar-refractivity contribution in [3.63, 3.8) is 0 Å². The molecule has 4 aliphatic heterocycles. The summed E-state index contributed by atoms with van der Waals surface area (Å²) in [4.78, 5) is 25.2. The quantitative estimate of drug-likeness (QED) is 0.674. The zero-order valence-corrected chi connectivity index (χ0v) is 14.2. The molecular weight excluding hydrogens is 318 g/mol. The molecule has 0 aromatic carbocycles. The van der Waals surface area contributed by atoms with E-state index < -0.39 is 0 Å². The molecule has 1 aromatic rings. The van der Waals surface area contributed by atoms with Crippen LogP contribution < -0.4 is 11.4 Å². The van der Waals surface area contributed by atoms with Crippen molar-refractivity contribution < 1.29 is 0 Å². The number of thioether (sulfide) groups is 2. The molecule has 1 aliphatic carbocycles. The van der Waals surface area contributed by atoms with Crippen molar-refractivity contribution in [3.05, 3.63) is 33.1 Å². The van der Waals surface area contributed by atoms with Crippen LogP contribution in [0.1, 0.15) is 37.8 Å². The topological polar surface area (TPSA) is 48.9 Å². The zero-order chi connectivity index (χ0) is 15.1. The number of rotatable bonds is 0. The molecule has 0 saturated carbocycles. The Balaban J connectivity index is 1.87. The lowest BCUT2D eigenvalue weighted by Crippen LogP contribution is -2.65. The predicted molar refractivity (Wildman–Crippen MR) is 90.0 cm³/mol. The first-order valence-electron chi connectivity index (χ1n) is 7.99. The van der Waals surface area contributed by atoms with Gasteiger partial charge in [0.15, 0.2) is 0 Å². The van der Waals surface area contributed by atoms with Gasteiger partial charge in [0.1, 0.15) is 0 Å². The Hall–Kier alpha value is -0.820. The van der Waals surface area contributed by atoms with E-state index in [4.69, 9.17) is 0 Å². The fraction of sp³-hybridized carbons (Fsp3) is 0.733. The molecule has 0 N–H and O–H groups in total. The molecule has 5 nitrogen and oxygen atoms in total. The molecule has 7 heteroatoms. The second-order valence-electron chi connectivity index (χ2n) is 6.77. The summed E-state index contributed by atoms with van der Waals surface area (Å²) in [7, 11) is 1.60. The van der Waals surface area contributed by atoms with Gasteiger partial charge < -0.3 is 0 Å². The van der Waals surface area contributed by atoms with Gasteiger partial charge in [-0.1, -0.05) is 12.2 Å². The average molecular weight is 337 g/mol. The molecule has 5 heterocycles. The summed E-state index contributed by atoms with van der Waals surface area (Å²) in [6, 6.07) is 0.0500. The molecule has 4 atom stereocenters. The smallest absolute Gasteiger partial charge is 0.246 e. The molecule has 2 fully saturated rings. The molecule has 5 aliphatic rings. The molecule has 118 valence electrons. The van der Waals surface area contributed by atoms with E-state index in [1.165, 1.54) is 28.9 Å². The third-order valence-corrected chi connectivity index (χ3v) is 9.74. The van der Waals surface area contributed by atoms with Gasteiger partial charge in [0.25, 0.3) is 0 Å². The highest BCUT2D eigenvalue weighted by Crippen LogP contribution is 2.68. The Morgan fingerprint density at radius 3 is 1.77 bits per heavy atom. The summed E-state index contributed by atoms with van der Waals surface area (Å²) < 4.78 is 4.97. The van der Waals surface area contributed by atoms with Gasteiger partial charge in [-0.2, -0.15) is 23.5 Å². The van der Waals surface area contributed by atoms with Crippen molar-refractivity contribution in [3.8, 4) is 0 Å². The fourth-order valence-corrected chi connectivity index (χ4v) is 8.99. The number of nitrogens with zero attached hydrogens (tertiary/aromatic N) is 3. The number of hydrogen-bond donors (Lipinski definition) is 0. The lowest BCUT2D eigenvalue weighted by molar-refractivity contribution is 0.144. The molecule has 1 aromatic heterocycles. The van der Waals surface area contributed by atoms with Crippen LogP contribution in [-0.2, 0) is 7.05 Å². The summed E-state index contributed by atoms with van der Waals surface area (Å²) in [6.45, 7) is 0. The lowest BCUT2D eigenvalue weighted by Gasteiger charge is -2.58. The summed E-state index contributed by atoms with van der Waals surface area (Å²) >= 11 is 4.11. The van der Waals surface area contributed by atoms with Crippen LogP contribution >= 0.6 is 23.5 Å². The molecule has 2 bridgehead atoms. The van der Waals surface area contributed by atoms with Crippen LogP contribution in [0.2, 0.25) is 0 Å². The molecule has 0 amide bonds. The van der Waals surface area contributed by atoms with Gasteiger partial charge in [0, 0.05) is 7.05 Å². The molecule has 2 spiro atoms. The van der Waals surface area contributed by atoms with E-state index in [1.54, 1.807) is 16.4 Å². The van der Waals surface area contributed by atoms with E-state index in [0.717, 1.165) is 12.8 Å². The number of hydrogen-bond acceptors (Lipinski definition) is 4. The highest BCUT2D eigenvalue weighted by molar-refractivity contribution is 8.05. The van der Waals surface area contributed by atoms with Gasteiger partial charge in [-0.3, -0.25) is 0 Å². The SMILES string of the molecule is Cn1c(=O)n2n(c1=O)[C@H]1C=C[C@H]2[C@]2(CCCS2)[C@@]12CCCS2. The van der Waals surface area contributed by atoms with E-state index in [1.807, 2.05) is 0 Å². The van der Waals surface area contributed by atoms with E-state index >= 15 is 0 Å². The average Bonchev–Trinajstić information content (AvgIpc) is 3.23. The zero-order valence-electron chi connectivity index (χ0n) is 12.5. The van der Waals surface area contributed by atoms with Crippen molar-refractivity contribution in [1.29, 1.82) is 0 Å².